The molecule has 6 heteroatoms. The van der Waals surface area contributed by atoms with Crippen LogP contribution in [0.15, 0.2) is 36.4 Å². The van der Waals surface area contributed by atoms with Crippen molar-refractivity contribution < 1.29 is 13.9 Å². The van der Waals surface area contributed by atoms with Crippen LogP contribution < -0.4 is 11.1 Å². The Balaban J connectivity index is 2.39. The summed E-state index contributed by atoms with van der Waals surface area (Å²) in [5.74, 6) is -1.03. The summed E-state index contributed by atoms with van der Waals surface area (Å²) in [4.78, 5) is 11.5. The van der Waals surface area contributed by atoms with E-state index in [1.54, 1.807) is 12.1 Å². The SMILES string of the molecule is COC(=O)c1cccc(Nc2cc(Cl)ccc2F)c1N. The van der Waals surface area contributed by atoms with Gasteiger partial charge in [0.15, 0.2) is 0 Å². The summed E-state index contributed by atoms with van der Waals surface area (Å²) < 4.78 is 18.3. The second kappa shape index (κ2) is 5.79. The Labute approximate surface area is 120 Å². The number of hydrogen-bond acceptors (Lipinski definition) is 4. The van der Waals surface area contributed by atoms with E-state index in [0.29, 0.717) is 10.7 Å². The Kier molecular flexibility index (Phi) is 4.10. The zero-order valence-corrected chi connectivity index (χ0v) is 11.4. The van der Waals surface area contributed by atoms with E-state index >= 15 is 0 Å². The Morgan fingerprint density at radius 2 is 2.05 bits per heavy atom. The molecule has 0 aliphatic heterocycles. The predicted octanol–water partition coefficient (Wildman–Crippen LogP) is 3.59. The number of anilines is 3. The number of halogens is 2. The van der Waals surface area contributed by atoms with Gasteiger partial charge in [0.25, 0.3) is 0 Å². The lowest BCUT2D eigenvalue weighted by Crippen LogP contribution is -2.08. The molecule has 3 N–H and O–H groups in total. The van der Waals surface area contributed by atoms with Crippen LogP contribution >= 0.6 is 11.6 Å². The number of benzene rings is 2. The van der Waals surface area contributed by atoms with E-state index in [1.165, 1.54) is 31.4 Å². The molecule has 0 amide bonds. The number of hydrogen-bond donors (Lipinski definition) is 2. The molecule has 0 aromatic heterocycles. The summed E-state index contributed by atoms with van der Waals surface area (Å²) in [7, 11) is 1.26. The minimum Gasteiger partial charge on any atom is -0.465 e. The molecular formula is C14H12ClFN2O2. The summed E-state index contributed by atoms with van der Waals surface area (Å²) in [6.45, 7) is 0. The highest BCUT2D eigenvalue weighted by Gasteiger charge is 2.13. The molecule has 0 aliphatic carbocycles. The van der Waals surface area contributed by atoms with Crippen LogP contribution in [0.1, 0.15) is 10.4 Å². The number of rotatable bonds is 3. The maximum absolute atomic E-state index is 13.7. The fraction of sp³-hybridized carbons (Fsp3) is 0.0714. The summed E-state index contributed by atoms with van der Waals surface area (Å²) in [5.41, 5.74) is 6.83. The average Bonchev–Trinajstić information content (AvgIpc) is 2.44. The second-order valence-corrected chi connectivity index (χ2v) is 4.44. The molecule has 2 aromatic rings. The van der Waals surface area contributed by atoms with Crippen LogP contribution in [0.5, 0.6) is 0 Å². The molecular weight excluding hydrogens is 283 g/mol. The molecule has 0 fully saturated rings. The van der Waals surface area contributed by atoms with Gasteiger partial charge in [-0.15, -0.1) is 0 Å². The van der Waals surface area contributed by atoms with Crippen LogP contribution in [-0.4, -0.2) is 13.1 Å². The zero-order valence-electron chi connectivity index (χ0n) is 10.6. The predicted molar refractivity (Wildman–Crippen MR) is 76.9 cm³/mol. The van der Waals surface area contributed by atoms with Crippen molar-refractivity contribution in [3.8, 4) is 0 Å². The molecule has 0 atom stereocenters. The molecule has 0 aliphatic rings. The van der Waals surface area contributed by atoms with E-state index < -0.39 is 11.8 Å². The number of carbonyl (C=O) groups is 1. The third-order valence-corrected chi connectivity index (χ3v) is 2.94. The molecule has 104 valence electrons. The van der Waals surface area contributed by atoms with Gasteiger partial charge in [0.2, 0.25) is 0 Å². The van der Waals surface area contributed by atoms with Gasteiger partial charge in [-0.3, -0.25) is 0 Å². The standard InChI is InChI=1S/C14H12ClFN2O2/c1-20-14(19)9-3-2-4-11(13(9)17)18-12-7-8(15)5-6-10(12)16/h2-7,18H,17H2,1H3. The molecule has 0 spiro atoms. The Morgan fingerprint density at radius 3 is 2.75 bits per heavy atom. The fourth-order valence-electron chi connectivity index (χ4n) is 1.70. The summed E-state index contributed by atoms with van der Waals surface area (Å²) in [6.07, 6.45) is 0. The molecule has 0 unspecified atom stereocenters. The van der Waals surface area contributed by atoms with Gasteiger partial charge >= 0.3 is 5.97 Å². The summed E-state index contributed by atoms with van der Waals surface area (Å²) in [5, 5.41) is 3.19. The number of nitrogens with two attached hydrogens (primary N) is 1. The lowest BCUT2D eigenvalue weighted by atomic mass is 10.1. The molecule has 20 heavy (non-hydrogen) atoms. The van der Waals surface area contributed by atoms with Crippen molar-refractivity contribution in [3.63, 3.8) is 0 Å². The molecule has 2 rings (SSSR count). The summed E-state index contributed by atoms with van der Waals surface area (Å²) in [6, 6.07) is 8.89. The number of nitrogens with one attached hydrogen (secondary N) is 1. The van der Waals surface area contributed by atoms with Gasteiger partial charge in [-0.25, -0.2) is 9.18 Å². The molecule has 0 saturated heterocycles. The van der Waals surface area contributed by atoms with Crippen LogP contribution in [0.25, 0.3) is 0 Å². The van der Waals surface area contributed by atoms with Crippen molar-refractivity contribution in [1.29, 1.82) is 0 Å². The average molecular weight is 295 g/mol. The van der Waals surface area contributed by atoms with Crippen molar-refractivity contribution in [1.82, 2.24) is 0 Å². The molecule has 0 bridgehead atoms. The highest BCUT2D eigenvalue weighted by molar-refractivity contribution is 6.30. The second-order valence-electron chi connectivity index (χ2n) is 4.01. The van der Waals surface area contributed by atoms with Gasteiger partial charge in [-0.2, -0.15) is 0 Å². The zero-order chi connectivity index (χ0) is 14.7. The lowest BCUT2D eigenvalue weighted by Gasteiger charge is -2.12. The number of carbonyl (C=O) groups excluding carboxylic acids is 1. The topological polar surface area (TPSA) is 64.3 Å². The van der Waals surface area contributed by atoms with Crippen molar-refractivity contribution in [2.45, 2.75) is 0 Å². The van der Waals surface area contributed by atoms with Gasteiger partial charge in [0.1, 0.15) is 5.82 Å². The van der Waals surface area contributed by atoms with Crippen LogP contribution in [0.4, 0.5) is 21.5 Å². The van der Waals surface area contributed by atoms with Gasteiger partial charge in [0, 0.05) is 5.02 Å². The van der Waals surface area contributed by atoms with E-state index in [-0.39, 0.29) is 16.9 Å². The van der Waals surface area contributed by atoms with Crippen molar-refractivity contribution in [2.24, 2.45) is 0 Å². The fourth-order valence-corrected chi connectivity index (χ4v) is 1.87. The highest BCUT2D eigenvalue weighted by atomic mass is 35.5. The van der Waals surface area contributed by atoms with E-state index in [2.05, 4.69) is 10.1 Å². The molecule has 2 aromatic carbocycles. The Bertz CT molecular complexity index is 662. The Morgan fingerprint density at radius 1 is 1.30 bits per heavy atom. The molecule has 4 nitrogen and oxygen atoms in total. The minimum atomic E-state index is -0.558. The van der Waals surface area contributed by atoms with Gasteiger partial charge < -0.3 is 15.8 Å². The highest BCUT2D eigenvalue weighted by Crippen LogP contribution is 2.29. The number of nitrogen functional groups attached to an aromatic ring is 1. The van der Waals surface area contributed by atoms with E-state index in [0.717, 1.165) is 0 Å². The van der Waals surface area contributed by atoms with Gasteiger partial charge in [0.05, 0.1) is 29.7 Å². The first kappa shape index (κ1) is 14.1. The van der Waals surface area contributed by atoms with E-state index in [4.69, 9.17) is 17.3 Å². The lowest BCUT2D eigenvalue weighted by molar-refractivity contribution is 0.0602. The first-order valence-electron chi connectivity index (χ1n) is 5.72. The molecule has 0 heterocycles. The molecule has 0 saturated carbocycles. The van der Waals surface area contributed by atoms with Gasteiger partial charge in [-0.05, 0) is 30.3 Å². The van der Waals surface area contributed by atoms with E-state index in [1.807, 2.05) is 0 Å². The Hall–Kier alpha value is -2.27. The first-order valence-corrected chi connectivity index (χ1v) is 6.09. The maximum Gasteiger partial charge on any atom is 0.340 e. The number of para-hydroxylation sites is 1. The van der Waals surface area contributed by atoms with Crippen molar-refractivity contribution in [3.05, 3.63) is 52.8 Å². The quantitative estimate of drug-likeness (QED) is 0.671. The number of methoxy groups -OCH3 is 1. The first-order chi connectivity index (χ1) is 9.52. The third-order valence-electron chi connectivity index (χ3n) is 2.71. The normalized spacial score (nSPS) is 10.2. The largest absolute Gasteiger partial charge is 0.465 e. The van der Waals surface area contributed by atoms with Crippen LogP contribution in [-0.2, 0) is 4.74 Å². The maximum atomic E-state index is 13.7. The van der Waals surface area contributed by atoms with Gasteiger partial charge in [-0.1, -0.05) is 17.7 Å². The monoisotopic (exact) mass is 294 g/mol. The van der Waals surface area contributed by atoms with Crippen LogP contribution in [0.2, 0.25) is 5.02 Å². The minimum absolute atomic E-state index is 0.172. The van der Waals surface area contributed by atoms with Crippen molar-refractivity contribution >= 4 is 34.6 Å². The van der Waals surface area contributed by atoms with Crippen LogP contribution in [0.3, 0.4) is 0 Å². The molecule has 0 radical (unpaired) electrons. The van der Waals surface area contributed by atoms with Crippen LogP contribution in [0, 0.1) is 5.82 Å². The number of esters is 1. The smallest absolute Gasteiger partial charge is 0.340 e. The number of ether oxygens (including phenoxy) is 1. The summed E-state index contributed by atoms with van der Waals surface area (Å²) >= 11 is 5.81. The van der Waals surface area contributed by atoms with E-state index in [9.17, 15) is 9.18 Å². The third kappa shape index (κ3) is 2.83. The van der Waals surface area contributed by atoms with Crippen molar-refractivity contribution in [2.75, 3.05) is 18.2 Å².